The number of esters is 1. The van der Waals surface area contributed by atoms with Crippen molar-refractivity contribution in [3.8, 4) is 5.75 Å². The second kappa shape index (κ2) is 7.79. The average molecular weight is 313 g/mol. The number of aromatic hydroxyl groups is 1. The van der Waals surface area contributed by atoms with Crippen LogP contribution in [0.3, 0.4) is 0 Å². The molecule has 0 heterocycles. The fourth-order valence-corrected chi connectivity index (χ4v) is 2.55. The Morgan fingerprint density at radius 3 is 2.43 bits per heavy atom. The van der Waals surface area contributed by atoms with Gasteiger partial charge >= 0.3 is 5.97 Å². The van der Waals surface area contributed by atoms with Gasteiger partial charge in [0.15, 0.2) is 0 Å². The Labute approximate surface area is 137 Å². The molecule has 4 nitrogen and oxygen atoms in total. The van der Waals surface area contributed by atoms with E-state index < -0.39 is 0 Å². The number of phenolic OH excluding ortho intramolecular Hbond substituents is 1. The molecule has 0 amide bonds. The highest BCUT2D eigenvalue weighted by Crippen LogP contribution is 2.25. The lowest BCUT2D eigenvalue weighted by atomic mass is 9.97. The van der Waals surface area contributed by atoms with Gasteiger partial charge in [0.2, 0.25) is 0 Å². The second-order valence-corrected chi connectivity index (χ2v) is 5.70. The van der Waals surface area contributed by atoms with Gasteiger partial charge in [-0.15, -0.1) is 0 Å². The molecule has 1 unspecified atom stereocenters. The predicted octanol–water partition coefficient (Wildman–Crippen LogP) is 3.41. The van der Waals surface area contributed by atoms with Crippen molar-refractivity contribution < 1.29 is 14.6 Å². The first-order chi connectivity index (χ1) is 11.0. The molecule has 0 bridgehead atoms. The largest absolute Gasteiger partial charge is 0.508 e. The standard InChI is InChI=1S/C19H23NO3/c1-4-23-19(22)15-10-8-14(9-11-15)12-18(20(2)3)16-6-5-7-17(21)13-16/h5-11,13,18,21H,4,12H2,1-3H3. The smallest absolute Gasteiger partial charge is 0.338 e. The molecule has 0 spiro atoms. The Bertz CT molecular complexity index is 650. The molecule has 0 saturated carbocycles. The van der Waals surface area contributed by atoms with E-state index in [1.54, 1.807) is 31.2 Å². The van der Waals surface area contributed by atoms with E-state index in [0.717, 1.165) is 17.5 Å². The molecule has 122 valence electrons. The number of hydrogen-bond donors (Lipinski definition) is 1. The predicted molar refractivity (Wildman–Crippen MR) is 90.6 cm³/mol. The highest BCUT2D eigenvalue weighted by atomic mass is 16.5. The Morgan fingerprint density at radius 2 is 1.87 bits per heavy atom. The summed E-state index contributed by atoms with van der Waals surface area (Å²) in [7, 11) is 4.03. The van der Waals surface area contributed by atoms with Crippen LogP contribution in [0.15, 0.2) is 48.5 Å². The van der Waals surface area contributed by atoms with Gasteiger partial charge in [-0.3, -0.25) is 0 Å². The molecule has 1 atom stereocenters. The molecule has 2 aromatic rings. The van der Waals surface area contributed by atoms with Crippen molar-refractivity contribution in [1.82, 2.24) is 4.90 Å². The number of likely N-dealkylation sites (N-methyl/N-ethyl adjacent to an activating group) is 1. The molecule has 4 heteroatoms. The van der Waals surface area contributed by atoms with Gasteiger partial charge in [-0.2, -0.15) is 0 Å². The minimum Gasteiger partial charge on any atom is -0.508 e. The molecule has 0 aliphatic carbocycles. The first-order valence-corrected chi connectivity index (χ1v) is 7.72. The number of carbonyl (C=O) groups is 1. The summed E-state index contributed by atoms with van der Waals surface area (Å²) in [5.74, 6) is -0.0248. The summed E-state index contributed by atoms with van der Waals surface area (Å²) in [6.07, 6.45) is 0.791. The summed E-state index contributed by atoms with van der Waals surface area (Å²) in [4.78, 5) is 13.8. The number of phenols is 1. The molecule has 0 fully saturated rings. The quantitative estimate of drug-likeness (QED) is 0.830. The maximum absolute atomic E-state index is 11.7. The summed E-state index contributed by atoms with van der Waals surface area (Å²) >= 11 is 0. The van der Waals surface area contributed by atoms with Crippen LogP contribution >= 0.6 is 0 Å². The maximum atomic E-state index is 11.7. The van der Waals surface area contributed by atoms with Crippen LogP contribution in [0.2, 0.25) is 0 Å². The number of carbonyl (C=O) groups excluding carboxylic acids is 1. The Hall–Kier alpha value is -2.33. The first kappa shape index (κ1) is 17.0. The van der Waals surface area contributed by atoms with E-state index in [-0.39, 0.29) is 17.8 Å². The third-order valence-corrected chi connectivity index (χ3v) is 3.77. The lowest BCUT2D eigenvalue weighted by Crippen LogP contribution is -2.22. The number of hydrogen-bond acceptors (Lipinski definition) is 4. The van der Waals surface area contributed by atoms with Gasteiger partial charge in [0.1, 0.15) is 5.75 Å². The fraction of sp³-hybridized carbons (Fsp3) is 0.316. The van der Waals surface area contributed by atoms with E-state index in [1.165, 1.54) is 0 Å². The molecule has 2 aromatic carbocycles. The Morgan fingerprint density at radius 1 is 1.17 bits per heavy atom. The minimum absolute atomic E-state index is 0.149. The monoisotopic (exact) mass is 313 g/mol. The number of rotatable bonds is 6. The van der Waals surface area contributed by atoms with E-state index in [2.05, 4.69) is 4.90 Å². The van der Waals surface area contributed by atoms with Crippen LogP contribution in [0.4, 0.5) is 0 Å². The number of benzene rings is 2. The summed E-state index contributed by atoms with van der Waals surface area (Å²) < 4.78 is 4.99. The molecule has 0 aromatic heterocycles. The number of ether oxygens (including phenoxy) is 1. The molecule has 1 N–H and O–H groups in total. The molecule has 23 heavy (non-hydrogen) atoms. The molecular weight excluding hydrogens is 290 g/mol. The zero-order valence-corrected chi connectivity index (χ0v) is 13.8. The van der Waals surface area contributed by atoms with Crippen LogP contribution in [-0.2, 0) is 11.2 Å². The van der Waals surface area contributed by atoms with Gasteiger partial charge in [-0.05, 0) is 62.8 Å². The highest BCUT2D eigenvalue weighted by molar-refractivity contribution is 5.89. The molecule has 0 radical (unpaired) electrons. The van der Waals surface area contributed by atoms with Gasteiger partial charge in [0, 0.05) is 6.04 Å². The van der Waals surface area contributed by atoms with Crippen LogP contribution in [-0.4, -0.2) is 36.7 Å². The van der Waals surface area contributed by atoms with Crippen LogP contribution in [0.25, 0.3) is 0 Å². The van der Waals surface area contributed by atoms with Crippen LogP contribution in [0, 0.1) is 0 Å². The van der Waals surface area contributed by atoms with E-state index in [1.807, 2.05) is 38.4 Å². The summed E-state index contributed by atoms with van der Waals surface area (Å²) in [6, 6.07) is 15.0. The third kappa shape index (κ3) is 4.57. The van der Waals surface area contributed by atoms with Crippen LogP contribution in [0.1, 0.15) is 34.5 Å². The highest BCUT2D eigenvalue weighted by Gasteiger charge is 2.16. The van der Waals surface area contributed by atoms with Crippen molar-refractivity contribution >= 4 is 5.97 Å². The Kier molecular flexibility index (Phi) is 5.77. The van der Waals surface area contributed by atoms with Crippen LogP contribution in [0.5, 0.6) is 5.75 Å². The second-order valence-electron chi connectivity index (χ2n) is 5.70. The van der Waals surface area contributed by atoms with E-state index in [0.29, 0.717) is 12.2 Å². The van der Waals surface area contributed by atoms with E-state index in [4.69, 9.17) is 4.74 Å². The zero-order valence-electron chi connectivity index (χ0n) is 13.8. The van der Waals surface area contributed by atoms with Crippen molar-refractivity contribution in [2.45, 2.75) is 19.4 Å². The normalized spacial score (nSPS) is 12.2. The van der Waals surface area contributed by atoms with Crippen molar-refractivity contribution in [1.29, 1.82) is 0 Å². The van der Waals surface area contributed by atoms with Crippen molar-refractivity contribution in [3.05, 3.63) is 65.2 Å². The summed E-state index contributed by atoms with van der Waals surface area (Å²) in [5, 5.41) is 9.69. The zero-order chi connectivity index (χ0) is 16.8. The van der Waals surface area contributed by atoms with Crippen molar-refractivity contribution in [2.75, 3.05) is 20.7 Å². The van der Waals surface area contributed by atoms with Gasteiger partial charge in [-0.25, -0.2) is 4.79 Å². The van der Waals surface area contributed by atoms with Crippen molar-refractivity contribution in [3.63, 3.8) is 0 Å². The topological polar surface area (TPSA) is 49.8 Å². The lowest BCUT2D eigenvalue weighted by molar-refractivity contribution is 0.0526. The lowest BCUT2D eigenvalue weighted by Gasteiger charge is -2.25. The van der Waals surface area contributed by atoms with Crippen LogP contribution < -0.4 is 0 Å². The minimum atomic E-state index is -0.295. The molecular formula is C19H23NO3. The Balaban J connectivity index is 2.16. The van der Waals surface area contributed by atoms with E-state index in [9.17, 15) is 9.90 Å². The molecule has 0 aliphatic heterocycles. The fourth-order valence-electron chi connectivity index (χ4n) is 2.55. The summed E-state index contributed by atoms with van der Waals surface area (Å²) in [5.41, 5.74) is 2.75. The first-order valence-electron chi connectivity index (χ1n) is 7.72. The number of nitrogens with zero attached hydrogens (tertiary/aromatic N) is 1. The summed E-state index contributed by atoms with van der Waals surface area (Å²) in [6.45, 7) is 2.17. The van der Waals surface area contributed by atoms with E-state index >= 15 is 0 Å². The SMILES string of the molecule is CCOC(=O)c1ccc(CC(c2cccc(O)c2)N(C)C)cc1. The van der Waals surface area contributed by atoms with Gasteiger partial charge in [0.25, 0.3) is 0 Å². The molecule has 0 aliphatic rings. The maximum Gasteiger partial charge on any atom is 0.338 e. The third-order valence-electron chi connectivity index (χ3n) is 3.77. The molecule has 0 saturated heterocycles. The van der Waals surface area contributed by atoms with Gasteiger partial charge in [0.05, 0.1) is 12.2 Å². The van der Waals surface area contributed by atoms with Crippen molar-refractivity contribution in [2.24, 2.45) is 0 Å². The average Bonchev–Trinajstić information content (AvgIpc) is 2.53. The van der Waals surface area contributed by atoms with Gasteiger partial charge < -0.3 is 14.7 Å². The molecule has 2 rings (SSSR count). The van der Waals surface area contributed by atoms with Gasteiger partial charge in [-0.1, -0.05) is 24.3 Å².